The van der Waals surface area contributed by atoms with Crippen molar-refractivity contribution in [1.82, 2.24) is 0 Å². The Labute approximate surface area is 140 Å². The molecule has 1 N–H and O–H groups in total. The SMILES string of the molecule is COc1ccc(CCS[C@@H](C)C(=O)Nc2cccc(F)c2)cc1. The molecule has 3 nitrogen and oxygen atoms in total. The highest BCUT2D eigenvalue weighted by atomic mass is 32.2. The highest BCUT2D eigenvalue weighted by Gasteiger charge is 2.13. The molecule has 0 unspecified atom stereocenters. The van der Waals surface area contributed by atoms with Gasteiger partial charge < -0.3 is 10.1 Å². The van der Waals surface area contributed by atoms with Gasteiger partial charge in [0.1, 0.15) is 11.6 Å². The number of ether oxygens (including phenoxy) is 1. The van der Waals surface area contributed by atoms with Crippen molar-refractivity contribution in [2.24, 2.45) is 0 Å². The van der Waals surface area contributed by atoms with Gasteiger partial charge in [0.15, 0.2) is 0 Å². The number of halogens is 1. The Morgan fingerprint density at radius 2 is 2.00 bits per heavy atom. The molecular weight excluding hydrogens is 313 g/mol. The first kappa shape index (κ1) is 17.3. The maximum absolute atomic E-state index is 13.1. The molecule has 0 radical (unpaired) electrons. The summed E-state index contributed by atoms with van der Waals surface area (Å²) >= 11 is 1.58. The van der Waals surface area contributed by atoms with Gasteiger partial charge in [0.05, 0.1) is 12.4 Å². The fourth-order valence-electron chi connectivity index (χ4n) is 2.03. The molecule has 2 rings (SSSR count). The van der Waals surface area contributed by atoms with Crippen molar-refractivity contribution in [2.45, 2.75) is 18.6 Å². The molecule has 2 aromatic rings. The van der Waals surface area contributed by atoms with Gasteiger partial charge in [0.25, 0.3) is 0 Å². The quantitative estimate of drug-likeness (QED) is 0.828. The Balaban J connectivity index is 1.77. The summed E-state index contributed by atoms with van der Waals surface area (Å²) in [5, 5.41) is 2.53. The lowest BCUT2D eigenvalue weighted by Crippen LogP contribution is -2.23. The number of carbonyl (C=O) groups excluding carboxylic acids is 1. The van der Waals surface area contributed by atoms with Crippen molar-refractivity contribution in [3.63, 3.8) is 0 Å². The predicted molar refractivity (Wildman–Crippen MR) is 93.6 cm³/mol. The molecule has 0 heterocycles. The Morgan fingerprint density at radius 1 is 1.26 bits per heavy atom. The summed E-state index contributed by atoms with van der Waals surface area (Å²) in [7, 11) is 1.64. The molecular formula is C18H20FNO2S. The average molecular weight is 333 g/mol. The van der Waals surface area contributed by atoms with Crippen LogP contribution < -0.4 is 10.1 Å². The smallest absolute Gasteiger partial charge is 0.237 e. The van der Waals surface area contributed by atoms with Gasteiger partial charge in [-0.15, -0.1) is 11.8 Å². The minimum atomic E-state index is -0.359. The summed E-state index contributed by atoms with van der Waals surface area (Å²) in [5.41, 5.74) is 1.69. The highest BCUT2D eigenvalue weighted by Crippen LogP contribution is 2.18. The first-order valence-corrected chi connectivity index (χ1v) is 8.44. The third-order valence-electron chi connectivity index (χ3n) is 3.38. The summed E-state index contributed by atoms with van der Waals surface area (Å²) in [6.45, 7) is 1.85. The maximum Gasteiger partial charge on any atom is 0.237 e. The van der Waals surface area contributed by atoms with E-state index in [0.717, 1.165) is 17.9 Å². The Hall–Kier alpha value is -2.01. The fourth-order valence-corrected chi connectivity index (χ4v) is 2.95. The minimum Gasteiger partial charge on any atom is -0.497 e. The Bertz CT molecular complexity index is 646. The maximum atomic E-state index is 13.1. The van der Waals surface area contributed by atoms with Crippen LogP contribution in [0.1, 0.15) is 12.5 Å². The Morgan fingerprint density at radius 3 is 2.65 bits per heavy atom. The highest BCUT2D eigenvalue weighted by molar-refractivity contribution is 8.00. The zero-order valence-corrected chi connectivity index (χ0v) is 14.0. The summed E-state index contributed by atoms with van der Waals surface area (Å²) in [6.07, 6.45) is 0.881. The van der Waals surface area contributed by atoms with Crippen LogP contribution in [0.15, 0.2) is 48.5 Å². The van der Waals surface area contributed by atoms with Crippen LogP contribution in [0.25, 0.3) is 0 Å². The first-order valence-electron chi connectivity index (χ1n) is 7.39. The monoisotopic (exact) mass is 333 g/mol. The lowest BCUT2D eigenvalue weighted by atomic mass is 10.2. The van der Waals surface area contributed by atoms with Crippen LogP contribution in [-0.2, 0) is 11.2 Å². The van der Waals surface area contributed by atoms with E-state index < -0.39 is 0 Å². The van der Waals surface area contributed by atoms with Crippen LogP contribution in [0.5, 0.6) is 5.75 Å². The van der Waals surface area contributed by atoms with E-state index >= 15 is 0 Å². The molecule has 0 aliphatic carbocycles. The number of rotatable bonds is 7. The fraction of sp³-hybridized carbons (Fsp3) is 0.278. The van der Waals surface area contributed by atoms with Gasteiger partial charge in [-0.25, -0.2) is 4.39 Å². The number of methoxy groups -OCH3 is 1. The molecule has 5 heteroatoms. The van der Waals surface area contributed by atoms with E-state index in [4.69, 9.17) is 4.74 Å². The molecule has 0 aromatic heterocycles. The van der Waals surface area contributed by atoms with Gasteiger partial charge in [-0.05, 0) is 55.0 Å². The molecule has 0 fully saturated rings. The van der Waals surface area contributed by atoms with Crippen molar-refractivity contribution in [3.05, 3.63) is 59.9 Å². The zero-order valence-electron chi connectivity index (χ0n) is 13.2. The van der Waals surface area contributed by atoms with Crippen molar-refractivity contribution in [2.75, 3.05) is 18.2 Å². The van der Waals surface area contributed by atoms with Gasteiger partial charge in [-0.2, -0.15) is 0 Å². The van der Waals surface area contributed by atoms with Gasteiger partial charge in [-0.1, -0.05) is 18.2 Å². The molecule has 1 atom stereocenters. The number of benzene rings is 2. The number of carbonyl (C=O) groups is 1. The summed E-state index contributed by atoms with van der Waals surface area (Å²) in [6, 6.07) is 13.8. The van der Waals surface area contributed by atoms with Crippen molar-refractivity contribution >= 4 is 23.4 Å². The predicted octanol–water partition coefficient (Wildman–Crippen LogP) is 4.14. The van der Waals surface area contributed by atoms with Gasteiger partial charge in [0.2, 0.25) is 5.91 Å². The zero-order chi connectivity index (χ0) is 16.7. The van der Waals surface area contributed by atoms with Crippen molar-refractivity contribution in [1.29, 1.82) is 0 Å². The van der Waals surface area contributed by atoms with Crippen LogP contribution in [-0.4, -0.2) is 24.0 Å². The van der Waals surface area contributed by atoms with Crippen LogP contribution in [0.4, 0.5) is 10.1 Å². The van der Waals surface area contributed by atoms with E-state index in [1.807, 2.05) is 31.2 Å². The number of hydrogen-bond acceptors (Lipinski definition) is 3. The van der Waals surface area contributed by atoms with Gasteiger partial charge >= 0.3 is 0 Å². The largest absolute Gasteiger partial charge is 0.497 e. The number of nitrogens with one attached hydrogen (secondary N) is 1. The van der Waals surface area contributed by atoms with Crippen molar-refractivity contribution < 1.29 is 13.9 Å². The number of anilines is 1. The molecule has 0 bridgehead atoms. The van der Waals surface area contributed by atoms with Gasteiger partial charge in [-0.3, -0.25) is 4.79 Å². The third kappa shape index (κ3) is 5.60. The van der Waals surface area contributed by atoms with Crippen molar-refractivity contribution in [3.8, 4) is 5.75 Å². The van der Waals surface area contributed by atoms with Crippen LogP contribution in [0.2, 0.25) is 0 Å². The first-order chi connectivity index (χ1) is 11.1. The number of thioether (sulfide) groups is 1. The lowest BCUT2D eigenvalue weighted by molar-refractivity contribution is -0.115. The third-order valence-corrected chi connectivity index (χ3v) is 4.53. The topological polar surface area (TPSA) is 38.3 Å². The number of hydrogen-bond donors (Lipinski definition) is 1. The van der Waals surface area contributed by atoms with E-state index in [1.165, 1.54) is 17.7 Å². The van der Waals surface area contributed by atoms with E-state index in [1.54, 1.807) is 31.0 Å². The van der Waals surface area contributed by atoms with Gasteiger partial charge in [0, 0.05) is 5.69 Å². The normalized spacial score (nSPS) is 11.8. The minimum absolute atomic E-state index is 0.115. The number of amides is 1. The standard InChI is InChI=1S/C18H20FNO2S/c1-13(18(21)20-16-5-3-4-15(19)12-16)23-11-10-14-6-8-17(22-2)9-7-14/h3-9,12-13H,10-11H2,1-2H3,(H,20,21)/t13-/m0/s1. The molecule has 23 heavy (non-hydrogen) atoms. The van der Waals surface area contributed by atoms with E-state index in [2.05, 4.69) is 5.32 Å². The summed E-state index contributed by atoms with van der Waals surface area (Å²) < 4.78 is 18.2. The molecule has 1 amide bonds. The second kappa shape index (κ2) is 8.58. The van der Waals surface area contributed by atoms with E-state index in [9.17, 15) is 9.18 Å². The van der Waals surface area contributed by atoms with E-state index in [-0.39, 0.29) is 17.0 Å². The molecule has 0 saturated heterocycles. The second-order valence-corrected chi connectivity index (χ2v) is 6.56. The molecule has 0 saturated carbocycles. The second-order valence-electron chi connectivity index (χ2n) is 5.11. The number of aryl methyl sites for hydroxylation is 1. The molecule has 0 aliphatic heterocycles. The average Bonchev–Trinajstić information content (AvgIpc) is 2.55. The molecule has 2 aromatic carbocycles. The van der Waals surface area contributed by atoms with E-state index in [0.29, 0.717) is 5.69 Å². The van der Waals surface area contributed by atoms with Crippen LogP contribution in [0, 0.1) is 5.82 Å². The molecule has 0 spiro atoms. The van der Waals surface area contributed by atoms with Crippen LogP contribution in [0.3, 0.4) is 0 Å². The lowest BCUT2D eigenvalue weighted by Gasteiger charge is -2.12. The molecule has 122 valence electrons. The van der Waals surface area contributed by atoms with Crippen LogP contribution >= 0.6 is 11.8 Å². The Kier molecular flexibility index (Phi) is 6.47. The molecule has 0 aliphatic rings. The summed E-state index contributed by atoms with van der Waals surface area (Å²) in [5.74, 6) is 1.20. The summed E-state index contributed by atoms with van der Waals surface area (Å²) in [4.78, 5) is 12.1.